The van der Waals surface area contributed by atoms with Crippen molar-refractivity contribution in [2.24, 2.45) is 11.7 Å². The Balaban J connectivity index is 1.91. The van der Waals surface area contributed by atoms with Crippen LogP contribution >= 0.6 is 0 Å². The number of rotatable bonds is 3. The van der Waals surface area contributed by atoms with Crippen molar-refractivity contribution in [3.05, 3.63) is 29.8 Å². The molecule has 1 fully saturated rings. The number of hydrogen-bond acceptors (Lipinski definition) is 3. The largest absolute Gasteiger partial charge is 0.508 e. The van der Waals surface area contributed by atoms with Crippen molar-refractivity contribution in [3.8, 4) is 5.75 Å². The maximum Gasteiger partial charge on any atom is 0.224 e. The van der Waals surface area contributed by atoms with Crippen molar-refractivity contribution in [3.63, 3.8) is 0 Å². The second-order valence-corrected chi connectivity index (χ2v) is 5.25. The first-order chi connectivity index (χ1) is 9.18. The van der Waals surface area contributed by atoms with E-state index in [2.05, 4.69) is 5.32 Å². The molecule has 1 saturated carbocycles. The molecule has 2 rings (SSSR count). The van der Waals surface area contributed by atoms with E-state index in [4.69, 9.17) is 5.73 Å². The van der Waals surface area contributed by atoms with Crippen molar-refractivity contribution >= 4 is 5.91 Å². The number of amides is 1. The first-order valence-electron chi connectivity index (χ1n) is 6.98. The predicted octanol–water partition coefficient (Wildman–Crippen LogP) is 1.92. The monoisotopic (exact) mass is 262 g/mol. The van der Waals surface area contributed by atoms with Gasteiger partial charge in [-0.1, -0.05) is 37.5 Å². The zero-order valence-electron chi connectivity index (χ0n) is 11.1. The molecule has 1 aromatic carbocycles. The highest BCUT2D eigenvalue weighted by atomic mass is 16.3. The van der Waals surface area contributed by atoms with Crippen LogP contribution in [0.4, 0.5) is 0 Å². The summed E-state index contributed by atoms with van der Waals surface area (Å²) in [6.07, 6.45) is 5.15. The molecule has 1 aliphatic carbocycles. The molecular weight excluding hydrogens is 240 g/mol. The van der Waals surface area contributed by atoms with E-state index in [1.807, 2.05) is 12.1 Å². The summed E-state index contributed by atoms with van der Waals surface area (Å²) < 4.78 is 0. The summed E-state index contributed by atoms with van der Waals surface area (Å²) in [5, 5.41) is 12.5. The van der Waals surface area contributed by atoms with Crippen LogP contribution in [-0.2, 0) is 11.3 Å². The Morgan fingerprint density at radius 1 is 1.26 bits per heavy atom. The summed E-state index contributed by atoms with van der Waals surface area (Å²) in [5.74, 6) is 0.138. The lowest BCUT2D eigenvalue weighted by Crippen LogP contribution is -2.41. The number of phenols is 1. The van der Waals surface area contributed by atoms with Crippen molar-refractivity contribution < 1.29 is 9.90 Å². The lowest BCUT2D eigenvalue weighted by molar-refractivity contribution is -0.126. The second kappa shape index (κ2) is 6.57. The van der Waals surface area contributed by atoms with Crippen LogP contribution in [0.15, 0.2) is 24.3 Å². The summed E-state index contributed by atoms with van der Waals surface area (Å²) in [6.45, 7) is 0.356. The topological polar surface area (TPSA) is 75.4 Å². The smallest absolute Gasteiger partial charge is 0.224 e. The van der Waals surface area contributed by atoms with Gasteiger partial charge < -0.3 is 16.2 Å². The molecule has 0 aromatic heterocycles. The van der Waals surface area contributed by atoms with E-state index in [0.717, 1.165) is 37.7 Å². The quantitative estimate of drug-likeness (QED) is 0.728. The Kier molecular flexibility index (Phi) is 4.80. The van der Waals surface area contributed by atoms with Crippen LogP contribution in [0.1, 0.15) is 37.7 Å². The summed E-state index contributed by atoms with van der Waals surface area (Å²) >= 11 is 0. The molecule has 0 bridgehead atoms. The number of hydrogen-bond donors (Lipinski definition) is 3. The van der Waals surface area contributed by atoms with Gasteiger partial charge in [-0.3, -0.25) is 4.79 Å². The number of phenolic OH excluding ortho intramolecular Hbond substituents is 1. The Morgan fingerprint density at radius 3 is 2.79 bits per heavy atom. The molecule has 2 unspecified atom stereocenters. The lowest BCUT2D eigenvalue weighted by Gasteiger charge is -2.20. The number of carbonyl (C=O) groups excluding carboxylic acids is 1. The zero-order valence-corrected chi connectivity index (χ0v) is 11.1. The van der Waals surface area contributed by atoms with E-state index in [-0.39, 0.29) is 23.6 Å². The lowest BCUT2D eigenvalue weighted by atomic mass is 9.94. The maximum absolute atomic E-state index is 12.2. The predicted molar refractivity (Wildman–Crippen MR) is 74.5 cm³/mol. The molecule has 104 valence electrons. The average Bonchev–Trinajstić information content (AvgIpc) is 2.62. The molecule has 0 spiro atoms. The second-order valence-electron chi connectivity index (χ2n) is 5.25. The van der Waals surface area contributed by atoms with Crippen LogP contribution in [0.25, 0.3) is 0 Å². The SMILES string of the molecule is NC1CCCCCC1C(=O)NCc1ccccc1O. The van der Waals surface area contributed by atoms with Gasteiger partial charge in [-0.15, -0.1) is 0 Å². The van der Waals surface area contributed by atoms with Crippen molar-refractivity contribution in [1.29, 1.82) is 0 Å². The van der Waals surface area contributed by atoms with E-state index in [1.54, 1.807) is 12.1 Å². The molecule has 1 aromatic rings. The van der Waals surface area contributed by atoms with Crippen molar-refractivity contribution in [2.75, 3.05) is 0 Å². The Bertz CT molecular complexity index is 434. The number of aromatic hydroxyl groups is 1. The highest BCUT2D eigenvalue weighted by Gasteiger charge is 2.26. The minimum atomic E-state index is -0.0895. The molecule has 0 aliphatic heterocycles. The van der Waals surface area contributed by atoms with Gasteiger partial charge in [0, 0.05) is 18.2 Å². The highest BCUT2D eigenvalue weighted by Crippen LogP contribution is 2.23. The maximum atomic E-state index is 12.2. The minimum absolute atomic E-state index is 0.0117. The number of carbonyl (C=O) groups is 1. The van der Waals surface area contributed by atoms with E-state index < -0.39 is 0 Å². The fraction of sp³-hybridized carbons (Fsp3) is 0.533. The number of nitrogens with one attached hydrogen (secondary N) is 1. The highest BCUT2D eigenvalue weighted by molar-refractivity contribution is 5.79. The molecule has 1 aliphatic rings. The van der Waals surface area contributed by atoms with E-state index in [1.165, 1.54) is 0 Å². The minimum Gasteiger partial charge on any atom is -0.508 e. The van der Waals surface area contributed by atoms with Gasteiger partial charge in [0.15, 0.2) is 0 Å². The summed E-state index contributed by atoms with van der Waals surface area (Å²) in [6, 6.07) is 7.01. The zero-order chi connectivity index (χ0) is 13.7. The van der Waals surface area contributed by atoms with Gasteiger partial charge >= 0.3 is 0 Å². The van der Waals surface area contributed by atoms with Gasteiger partial charge in [-0.25, -0.2) is 0 Å². The number of nitrogens with two attached hydrogens (primary N) is 1. The Labute approximate surface area is 114 Å². The molecule has 0 heterocycles. The molecule has 0 saturated heterocycles. The third-order valence-electron chi connectivity index (χ3n) is 3.85. The average molecular weight is 262 g/mol. The third kappa shape index (κ3) is 3.70. The summed E-state index contributed by atoms with van der Waals surface area (Å²) in [4.78, 5) is 12.2. The first kappa shape index (κ1) is 13.9. The fourth-order valence-corrected chi connectivity index (χ4v) is 2.64. The fourth-order valence-electron chi connectivity index (χ4n) is 2.64. The molecule has 4 N–H and O–H groups in total. The van der Waals surface area contributed by atoms with Gasteiger partial charge in [0.2, 0.25) is 5.91 Å². The molecule has 19 heavy (non-hydrogen) atoms. The van der Waals surface area contributed by atoms with Gasteiger partial charge in [-0.2, -0.15) is 0 Å². The van der Waals surface area contributed by atoms with Crippen LogP contribution < -0.4 is 11.1 Å². The van der Waals surface area contributed by atoms with Gasteiger partial charge in [0.25, 0.3) is 0 Å². The van der Waals surface area contributed by atoms with Crippen molar-refractivity contribution in [1.82, 2.24) is 5.32 Å². The molecule has 4 nitrogen and oxygen atoms in total. The number of para-hydroxylation sites is 1. The standard InChI is InChI=1S/C15H22N2O2/c16-13-8-3-1-2-7-12(13)15(19)17-10-11-6-4-5-9-14(11)18/h4-6,9,12-13,18H,1-3,7-8,10,16H2,(H,17,19). The molecule has 1 amide bonds. The molecule has 2 atom stereocenters. The van der Waals surface area contributed by atoms with Gasteiger partial charge in [0.1, 0.15) is 5.75 Å². The van der Waals surface area contributed by atoms with E-state index in [9.17, 15) is 9.90 Å². The van der Waals surface area contributed by atoms with Crippen molar-refractivity contribution in [2.45, 2.75) is 44.7 Å². The van der Waals surface area contributed by atoms with Crippen LogP contribution in [0.3, 0.4) is 0 Å². The van der Waals surface area contributed by atoms with Crippen LogP contribution in [-0.4, -0.2) is 17.1 Å². The third-order valence-corrected chi connectivity index (χ3v) is 3.85. The van der Waals surface area contributed by atoms with Gasteiger partial charge in [-0.05, 0) is 18.9 Å². The van der Waals surface area contributed by atoms with Crippen LogP contribution in [0.5, 0.6) is 5.75 Å². The van der Waals surface area contributed by atoms with Gasteiger partial charge in [0.05, 0.1) is 5.92 Å². The Morgan fingerprint density at radius 2 is 2.00 bits per heavy atom. The van der Waals surface area contributed by atoms with E-state index >= 15 is 0 Å². The molecule has 0 radical (unpaired) electrons. The number of benzene rings is 1. The first-order valence-corrected chi connectivity index (χ1v) is 6.98. The molecule has 4 heteroatoms. The van der Waals surface area contributed by atoms with Crippen LogP contribution in [0, 0.1) is 5.92 Å². The van der Waals surface area contributed by atoms with Crippen LogP contribution in [0.2, 0.25) is 0 Å². The summed E-state index contributed by atoms with van der Waals surface area (Å²) in [7, 11) is 0. The Hall–Kier alpha value is -1.55. The summed E-state index contributed by atoms with van der Waals surface area (Å²) in [5.41, 5.74) is 6.80. The van der Waals surface area contributed by atoms with E-state index in [0.29, 0.717) is 6.54 Å². The normalized spacial score (nSPS) is 23.6. The molecular formula is C15H22N2O2.